The highest BCUT2D eigenvalue weighted by molar-refractivity contribution is 6.33. The van der Waals surface area contributed by atoms with E-state index in [1.165, 1.54) is 0 Å². The molecule has 0 bridgehead atoms. The molecule has 1 saturated heterocycles. The lowest BCUT2D eigenvalue weighted by molar-refractivity contribution is 0.0692. The van der Waals surface area contributed by atoms with Crippen LogP contribution in [0.2, 0.25) is 5.02 Å². The van der Waals surface area contributed by atoms with Crippen molar-refractivity contribution in [2.45, 2.75) is 0 Å². The molecular formula is C25H22ClN3O3. The molecule has 0 spiro atoms. The standard InChI is InChI=1S/C25H22ClN3O3/c1-31-22-12-6-8-18-23(22)32-21-11-5-4-10-20(21)27-24(18)28-13-15-29(16-14-28)25(30)17-7-2-3-9-19(17)26/h2-12H,13-16H2,1H3. The van der Waals surface area contributed by atoms with E-state index in [9.17, 15) is 4.79 Å². The molecule has 162 valence electrons. The summed E-state index contributed by atoms with van der Waals surface area (Å²) in [5.41, 5.74) is 2.16. The van der Waals surface area contributed by atoms with Gasteiger partial charge in [-0.1, -0.05) is 41.9 Å². The van der Waals surface area contributed by atoms with Crippen LogP contribution in [0.5, 0.6) is 17.2 Å². The van der Waals surface area contributed by atoms with Crippen molar-refractivity contribution in [1.82, 2.24) is 9.80 Å². The van der Waals surface area contributed by atoms with E-state index in [1.807, 2.05) is 59.5 Å². The largest absolute Gasteiger partial charge is 0.493 e. The maximum Gasteiger partial charge on any atom is 0.255 e. The Morgan fingerprint density at radius 3 is 2.50 bits per heavy atom. The molecule has 0 atom stereocenters. The number of amides is 1. The Morgan fingerprint density at radius 1 is 0.969 bits per heavy atom. The highest BCUT2D eigenvalue weighted by Gasteiger charge is 2.29. The normalized spacial score (nSPS) is 15.1. The number of piperazine rings is 1. The first-order valence-corrected chi connectivity index (χ1v) is 10.8. The molecule has 0 N–H and O–H groups in total. The lowest BCUT2D eigenvalue weighted by Crippen LogP contribution is -2.50. The predicted octanol–water partition coefficient (Wildman–Crippen LogP) is 4.99. The van der Waals surface area contributed by atoms with Crippen LogP contribution in [0.1, 0.15) is 15.9 Å². The van der Waals surface area contributed by atoms with Gasteiger partial charge in [0, 0.05) is 26.2 Å². The summed E-state index contributed by atoms with van der Waals surface area (Å²) < 4.78 is 11.8. The molecule has 2 heterocycles. The van der Waals surface area contributed by atoms with Crippen molar-refractivity contribution in [1.29, 1.82) is 0 Å². The minimum atomic E-state index is -0.0474. The molecule has 1 fully saturated rings. The number of carbonyl (C=O) groups excluding carboxylic acids is 1. The fourth-order valence-electron chi connectivity index (χ4n) is 4.05. The van der Waals surface area contributed by atoms with Gasteiger partial charge in [-0.3, -0.25) is 4.79 Å². The van der Waals surface area contributed by atoms with Crippen molar-refractivity contribution >= 4 is 29.0 Å². The van der Waals surface area contributed by atoms with Crippen molar-refractivity contribution in [2.75, 3.05) is 33.3 Å². The van der Waals surface area contributed by atoms with Crippen LogP contribution in [0.3, 0.4) is 0 Å². The van der Waals surface area contributed by atoms with Crippen LogP contribution < -0.4 is 9.47 Å². The van der Waals surface area contributed by atoms with E-state index in [2.05, 4.69) is 4.90 Å². The van der Waals surface area contributed by atoms with Crippen LogP contribution >= 0.6 is 11.6 Å². The first-order chi connectivity index (χ1) is 15.7. The number of carbonyl (C=O) groups is 1. The first-order valence-electron chi connectivity index (χ1n) is 10.5. The molecule has 2 aliphatic heterocycles. The molecule has 32 heavy (non-hydrogen) atoms. The van der Waals surface area contributed by atoms with Gasteiger partial charge in [0.15, 0.2) is 17.2 Å². The third kappa shape index (κ3) is 3.67. The van der Waals surface area contributed by atoms with Gasteiger partial charge in [-0.25, -0.2) is 4.99 Å². The zero-order valence-corrected chi connectivity index (χ0v) is 18.4. The van der Waals surface area contributed by atoms with Gasteiger partial charge in [0.25, 0.3) is 5.91 Å². The fourth-order valence-corrected chi connectivity index (χ4v) is 4.26. The topological polar surface area (TPSA) is 54.4 Å². The Hall–Kier alpha value is -3.51. The Bertz CT molecular complexity index is 1200. The molecule has 0 aliphatic carbocycles. The third-order valence-corrected chi connectivity index (χ3v) is 6.04. The molecule has 7 heteroatoms. The van der Waals surface area contributed by atoms with Gasteiger partial charge < -0.3 is 19.3 Å². The fraction of sp³-hybridized carbons (Fsp3) is 0.200. The van der Waals surface area contributed by atoms with Crippen LogP contribution in [0.25, 0.3) is 0 Å². The number of hydrogen-bond donors (Lipinski definition) is 0. The maximum absolute atomic E-state index is 13.0. The smallest absolute Gasteiger partial charge is 0.255 e. The lowest BCUT2D eigenvalue weighted by Gasteiger charge is -2.36. The number of benzene rings is 3. The summed E-state index contributed by atoms with van der Waals surface area (Å²) in [6, 6.07) is 20.7. The molecule has 3 aromatic carbocycles. The Kier molecular flexibility index (Phi) is 5.45. The van der Waals surface area contributed by atoms with E-state index in [-0.39, 0.29) is 5.91 Å². The summed E-state index contributed by atoms with van der Waals surface area (Å²) in [5, 5.41) is 0.475. The monoisotopic (exact) mass is 447 g/mol. The molecule has 0 unspecified atom stereocenters. The van der Waals surface area contributed by atoms with Crippen molar-refractivity contribution < 1.29 is 14.3 Å². The highest BCUT2D eigenvalue weighted by Crippen LogP contribution is 2.42. The maximum atomic E-state index is 13.0. The second-order valence-electron chi connectivity index (χ2n) is 7.60. The average molecular weight is 448 g/mol. The highest BCUT2D eigenvalue weighted by atomic mass is 35.5. The molecule has 5 rings (SSSR count). The molecule has 0 saturated carbocycles. The van der Waals surface area contributed by atoms with E-state index >= 15 is 0 Å². The quantitative estimate of drug-likeness (QED) is 0.555. The van der Waals surface area contributed by atoms with Crippen LogP contribution in [0.15, 0.2) is 71.7 Å². The second-order valence-corrected chi connectivity index (χ2v) is 8.01. The summed E-state index contributed by atoms with van der Waals surface area (Å²) in [7, 11) is 1.63. The molecule has 0 radical (unpaired) electrons. The number of hydrogen-bond acceptors (Lipinski definition) is 5. The van der Waals surface area contributed by atoms with Crippen molar-refractivity contribution in [3.05, 3.63) is 82.9 Å². The first kappa shape index (κ1) is 20.4. The van der Waals surface area contributed by atoms with Crippen LogP contribution in [0.4, 0.5) is 5.69 Å². The summed E-state index contributed by atoms with van der Waals surface area (Å²) in [5.74, 6) is 2.75. The summed E-state index contributed by atoms with van der Waals surface area (Å²) in [6.07, 6.45) is 0. The van der Waals surface area contributed by atoms with E-state index in [0.717, 1.165) is 17.1 Å². The lowest BCUT2D eigenvalue weighted by atomic mass is 10.1. The number of methoxy groups -OCH3 is 1. The summed E-state index contributed by atoms with van der Waals surface area (Å²) in [4.78, 5) is 22.0. The van der Waals surface area contributed by atoms with Gasteiger partial charge in [-0.05, 0) is 36.4 Å². The number of halogens is 1. The Morgan fingerprint density at radius 2 is 1.72 bits per heavy atom. The van der Waals surface area contributed by atoms with Gasteiger partial charge in [-0.15, -0.1) is 0 Å². The zero-order valence-electron chi connectivity index (χ0n) is 17.6. The van der Waals surface area contributed by atoms with Crippen LogP contribution in [-0.2, 0) is 0 Å². The predicted molar refractivity (Wildman–Crippen MR) is 125 cm³/mol. The van der Waals surface area contributed by atoms with Gasteiger partial charge in [0.1, 0.15) is 11.5 Å². The average Bonchev–Trinajstić information content (AvgIpc) is 3.01. The van der Waals surface area contributed by atoms with Gasteiger partial charge in [0.05, 0.1) is 23.3 Å². The number of fused-ring (bicyclic) bond motifs is 2. The zero-order chi connectivity index (χ0) is 22.1. The minimum Gasteiger partial charge on any atom is -0.493 e. The molecule has 3 aromatic rings. The van der Waals surface area contributed by atoms with E-state index < -0.39 is 0 Å². The Labute approximate surface area is 191 Å². The SMILES string of the molecule is COc1cccc2c1Oc1ccccc1N=C2N1CCN(C(=O)c2ccccc2Cl)CC1. The minimum absolute atomic E-state index is 0.0474. The molecule has 2 aliphatic rings. The third-order valence-electron chi connectivity index (χ3n) is 5.71. The number of ether oxygens (including phenoxy) is 2. The van der Waals surface area contributed by atoms with Crippen molar-refractivity contribution in [3.63, 3.8) is 0 Å². The van der Waals surface area contributed by atoms with E-state index in [0.29, 0.717) is 54.0 Å². The summed E-state index contributed by atoms with van der Waals surface area (Å²) >= 11 is 6.24. The molecule has 1 amide bonds. The number of amidine groups is 1. The van der Waals surface area contributed by atoms with Gasteiger partial charge in [0.2, 0.25) is 0 Å². The summed E-state index contributed by atoms with van der Waals surface area (Å²) in [6.45, 7) is 2.44. The van der Waals surface area contributed by atoms with Gasteiger partial charge >= 0.3 is 0 Å². The number of nitrogens with zero attached hydrogens (tertiary/aromatic N) is 3. The number of para-hydroxylation sites is 3. The van der Waals surface area contributed by atoms with Crippen LogP contribution in [0, 0.1) is 0 Å². The van der Waals surface area contributed by atoms with Crippen LogP contribution in [-0.4, -0.2) is 54.8 Å². The molecule has 6 nitrogen and oxygen atoms in total. The number of rotatable bonds is 2. The van der Waals surface area contributed by atoms with E-state index in [4.69, 9.17) is 26.1 Å². The molecular weight excluding hydrogens is 426 g/mol. The van der Waals surface area contributed by atoms with Crippen molar-refractivity contribution in [3.8, 4) is 17.2 Å². The van der Waals surface area contributed by atoms with Gasteiger partial charge in [-0.2, -0.15) is 0 Å². The number of aliphatic imine (C=N–C) groups is 1. The Balaban J connectivity index is 1.45. The second kappa shape index (κ2) is 8.55. The molecule has 0 aromatic heterocycles. The van der Waals surface area contributed by atoms with E-state index in [1.54, 1.807) is 19.2 Å². The van der Waals surface area contributed by atoms with Crippen molar-refractivity contribution in [2.24, 2.45) is 4.99 Å².